The van der Waals surface area contributed by atoms with Crippen molar-refractivity contribution >= 4 is 17.7 Å². The van der Waals surface area contributed by atoms with Crippen LogP contribution < -0.4 is 5.32 Å². The zero-order chi connectivity index (χ0) is 16.9. The molecule has 5 nitrogen and oxygen atoms in total. The van der Waals surface area contributed by atoms with Gasteiger partial charge in [-0.25, -0.2) is 4.39 Å². The highest BCUT2D eigenvalue weighted by molar-refractivity contribution is 7.99. The third kappa shape index (κ3) is 4.35. The van der Waals surface area contributed by atoms with Crippen LogP contribution in [0, 0.1) is 11.7 Å². The fraction of sp³-hybridized carbons (Fsp3) is 0.471. The standard InChI is InChI=1S/C17H20FN3O2S/c1-11-4-2-3-5-14(11)19-15(22)10-24-17-21-20-16(23-17)12-6-8-13(18)9-7-12/h6-9,11,14H,2-5,10H2,1H3,(H,19,22)/t11-,14+/m1/s1. The molecule has 0 aliphatic heterocycles. The molecule has 1 aliphatic rings. The number of aromatic nitrogens is 2. The number of amides is 1. The molecule has 7 heteroatoms. The predicted molar refractivity (Wildman–Crippen MR) is 90.0 cm³/mol. The average Bonchev–Trinajstić information content (AvgIpc) is 3.05. The van der Waals surface area contributed by atoms with Gasteiger partial charge >= 0.3 is 0 Å². The number of hydrogen-bond donors (Lipinski definition) is 1. The lowest BCUT2D eigenvalue weighted by molar-refractivity contribution is -0.119. The molecule has 1 aliphatic carbocycles. The third-order valence-corrected chi connectivity index (χ3v) is 5.10. The molecule has 2 aromatic rings. The molecule has 1 amide bonds. The number of thioether (sulfide) groups is 1. The van der Waals surface area contributed by atoms with E-state index in [4.69, 9.17) is 4.42 Å². The van der Waals surface area contributed by atoms with Crippen LogP contribution in [-0.4, -0.2) is 27.9 Å². The number of benzene rings is 1. The van der Waals surface area contributed by atoms with Crippen LogP contribution in [0.1, 0.15) is 32.6 Å². The van der Waals surface area contributed by atoms with E-state index in [1.807, 2.05) is 0 Å². The van der Waals surface area contributed by atoms with Crippen molar-refractivity contribution in [3.63, 3.8) is 0 Å². The minimum absolute atomic E-state index is 0.0136. The predicted octanol–water partition coefficient (Wildman–Crippen LogP) is 3.66. The Morgan fingerprint density at radius 2 is 2.04 bits per heavy atom. The second-order valence-electron chi connectivity index (χ2n) is 6.10. The van der Waals surface area contributed by atoms with Crippen LogP contribution >= 0.6 is 11.8 Å². The Morgan fingerprint density at radius 1 is 1.29 bits per heavy atom. The molecule has 3 rings (SSSR count). The smallest absolute Gasteiger partial charge is 0.277 e. The van der Waals surface area contributed by atoms with Crippen molar-refractivity contribution in [2.45, 2.75) is 43.9 Å². The van der Waals surface area contributed by atoms with Crippen LogP contribution in [-0.2, 0) is 4.79 Å². The molecule has 0 spiro atoms. The number of rotatable bonds is 5. The lowest BCUT2D eigenvalue weighted by Crippen LogP contribution is -2.41. The Hall–Kier alpha value is -1.89. The van der Waals surface area contributed by atoms with Gasteiger partial charge in [-0.1, -0.05) is 31.5 Å². The summed E-state index contributed by atoms with van der Waals surface area (Å²) in [5.41, 5.74) is 0.649. The summed E-state index contributed by atoms with van der Waals surface area (Å²) in [4.78, 5) is 12.1. The van der Waals surface area contributed by atoms with Gasteiger partial charge < -0.3 is 9.73 Å². The Bertz CT molecular complexity index is 689. The van der Waals surface area contributed by atoms with E-state index in [-0.39, 0.29) is 23.5 Å². The maximum atomic E-state index is 12.9. The lowest BCUT2D eigenvalue weighted by atomic mass is 9.86. The van der Waals surface area contributed by atoms with E-state index >= 15 is 0 Å². The average molecular weight is 349 g/mol. The monoisotopic (exact) mass is 349 g/mol. The van der Waals surface area contributed by atoms with Crippen LogP contribution in [0.4, 0.5) is 4.39 Å². The molecular formula is C17H20FN3O2S. The number of nitrogens with zero attached hydrogens (tertiary/aromatic N) is 2. The molecule has 1 fully saturated rings. The fourth-order valence-electron chi connectivity index (χ4n) is 2.88. The molecule has 1 heterocycles. The number of nitrogens with one attached hydrogen (secondary N) is 1. The summed E-state index contributed by atoms with van der Waals surface area (Å²) < 4.78 is 18.4. The summed E-state index contributed by atoms with van der Waals surface area (Å²) in [6, 6.07) is 6.10. The Morgan fingerprint density at radius 3 is 2.79 bits per heavy atom. The number of carbonyl (C=O) groups is 1. The van der Waals surface area contributed by atoms with Crippen molar-refractivity contribution in [1.82, 2.24) is 15.5 Å². The first-order valence-corrected chi connectivity index (χ1v) is 9.12. The number of carbonyl (C=O) groups excluding carboxylic acids is 1. The van der Waals surface area contributed by atoms with Gasteiger partial charge in [-0.15, -0.1) is 10.2 Å². The van der Waals surface area contributed by atoms with Gasteiger partial charge in [0.05, 0.1) is 5.75 Å². The molecule has 0 radical (unpaired) electrons. The molecule has 0 bridgehead atoms. The first kappa shape index (κ1) is 17.0. The molecule has 1 aromatic heterocycles. The fourth-order valence-corrected chi connectivity index (χ4v) is 3.46. The highest BCUT2D eigenvalue weighted by Gasteiger charge is 2.23. The van der Waals surface area contributed by atoms with Gasteiger partial charge in [-0.05, 0) is 43.0 Å². The quantitative estimate of drug-likeness (QED) is 0.834. The minimum atomic E-state index is -0.318. The van der Waals surface area contributed by atoms with Crippen LogP contribution in [0.2, 0.25) is 0 Å². The Kier molecular flexibility index (Phi) is 5.50. The normalized spacial score (nSPS) is 20.8. The molecule has 24 heavy (non-hydrogen) atoms. The lowest BCUT2D eigenvalue weighted by Gasteiger charge is -2.29. The van der Waals surface area contributed by atoms with E-state index < -0.39 is 0 Å². The van der Waals surface area contributed by atoms with Gasteiger partial charge in [0.1, 0.15) is 5.82 Å². The highest BCUT2D eigenvalue weighted by Crippen LogP contribution is 2.25. The summed E-state index contributed by atoms with van der Waals surface area (Å²) >= 11 is 1.21. The number of halogens is 1. The van der Waals surface area contributed by atoms with E-state index in [0.29, 0.717) is 22.6 Å². The van der Waals surface area contributed by atoms with Gasteiger partial charge in [-0.3, -0.25) is 4.79 Å². The van der Waals surface area contributed by atoms with Crippen LogP contribution in [0.25, 0.3) is 11.5 Å². The first-order chi connectivity index (χ1) is 11.6. The summed E-state index contributed by atoms with van der Waals surface area (Å²) in [5, 5.41) is 11.3. The maximum Gasteiger partial charge on any atom is 0.277 e. The van der Waals surface area contributed by atoms with Gasteiger partial charge in [0.25, 0.3) is 5.22 Å². The van der Waals surface area contributed by atoms with Crippen LogP contribution in [0.3, 0.4) is 0 Å². The molecule has 128 valence electrons. The van der Waals surface area contributed by atoms with Gasteiger partial charge in [-0.2, -0.15) is 0 Å². The van der Waals surface area contributed by atoms with E-state index in [1.165, 1.54) is 43.2 Å². The zero-order valence-corrected chi connectivity index (χ0v) is 14.3. The van der Waals surface area contributed by atoms with Gasteiger partial charge in [0.15, 0.2) is 0 Å². The van der Waals surface area contributed by atoms with Crippen molar-refractivity contribution < 1.29 is 13.6 Å². The molecule has 0 unspecified atom stereocenters. The van der Waals surface area contributed by atoms with E-state index in [1.54, 1.807) is 12.1 Å². The summed E-state index contributed by atoms with van der Waals surface area (Å²) in [6.07, 6.45) is 4.64. The van der Waals surface area contributed by atoms with Crippen molar-refractivity contribution in [2.75, 3.05) is 5.75 Å². The summed E-state index contributed by atoms with van der Waals surface area (Å²) in [6.45, 7) is 2.18. The van der Waals surface area contributed by atoms with E-state index in [0.717, 1.165) is 6.42 Å². The second kappa shape index (κ2) is 7.79. The van der Waals surface area contributed by atoms with Gasteiger partial charge in [0, 0.05) is 11.6 Å². The SMILES string of the molecule is C[C@@H]1CCCC[C@@H]1NC(=O)CSc1nnc(-c2ccc(F)cc2)o1. The highest BCUT2D eigenvalue weighted by atomic mass is 32.2. The number of hydrogen-bond acceptors (Lipinski definition) is 5. The molecular weight excluding hydrogens is 329 g/mol. The minimum Gasteiger partial charge on any atom is -0.411 e. The third-order valence-electron chi connectivity index (χ3n) is 4.28. The van der Waals surface area contributed by atoms with Crippen molar-refractivity contribution in [3.05, 3.63) is 30.1 Å². The van der Waals surface area contributed by atoms with Crippen molar-refractivity contribution in [2.24, 2.45) is 5.92 Å². The molecule has 0 saturated heterocycles. The van der Waals surface area contributed by atoms with Crippen molar-refractivity contribution in [3.8, 4) is 11.5 Å². The largest absolute Gasteiger partial charge is 0.411 e. The Labute approximate surface area is 144 Å². The zero-order valence-electron chi connectivity index (χ0n) is 13.5. The van der Waals surface area contributed by atoms with Crippen LogP contribution in [0.5, 0.6) is 0 Å². The van der Waals surface area contributed by atoms with Crippen molar-refractivity contribution in [1.29, 1.82) is 0 Å². The molecule has 1 N–H and O–H groups in total. The van der Waals surface area contributed by atoms with Gasteiger partial charge in [0.2, 0.25) is 11.8 Å². The topological polar surface area (TPSA) is 68.0 Å². The maximum absolute atomic E-state index is 12.9. The molecule has 1 saturated carbocycles. The van der Waals surface area contributed by atoms with E-state index in [2.05, 4.69) is 22.4 Å². The first-order valence-electron chi connectivity index (χ1n) is 8.13. The van der Waals surface area contributed by atoms with E-state index in [9.17, 15) is 9.18 Å². The second-order valence-corrected chi connectivity index (χ2v) is 7.03. The molecule has 2 atom stereocenters. The molecule has 1 aromatic carbocycles. The van der Waals surface area contributed by atoms with Crippen LogP contribution in [0.15, 0.2) is 33.9 Å². The summed E-state index contributed by atoms with van der Waals surface area (Å²) in [5.74, 6) is 0.760. The summed E-state index contributed by atoms with van der Waals surface area (Å²) in [7, 11) is 0. The Balaban J connectivity index is 1.51.